The van der Waals surface area contributed by atoms with Crippen molar-refractivity contribution >= 4 is 17.4 Å². The van der Waals surface area contributed by atoms with Crippen LogP contribution in [0.1, 0.15) is 28.5 Å². The summed E-state index contributed by atoms with van der Waals surface area (Å²) in [6.07, 6.45) is 4.55. The van der Waals surface area contributed by atoms with Crippen LogP contribution in [0.2, 0.25) is 0 Å². The van der Waals surface area contributed by atoms with Crippen LogP contribution in [-0.2, 0) is 16.1 Å². The van der Waals surface area contributed by atoms with E-state index in [0.29, 0.717) is 16.9 Å². The lowest BCUT2D eigenvalue weighted by molar-refractivity contribution is -0.140. The Balaban J connectivity index is 1.87. The zero-order chi connectivity index (χ0) is 20.5. The maximum absolute atomic E-state index is 14.0. The standard InChI is InChI=1S/C22H17FN2O4/c1-13-4-5-15(11-17(13)23)20(26)18-19(14-6-8-24-9-7-14)25(22(28)21(18)27)12-16-3-2-10-29-16/h2-11,19,26H,12H2,1H3/t19-/m1/s1. The number of amides is 1. The van der Waals surface area contributed by atoms with E-state index in [1.54, 1.807) is 31.2 Å². The summed E-state index contributed by atoms with van der Waals surface area (Å²) in [5.41, 5.74) is 1.03. The Morgan fingerprint density at radius 1 is 1.21 bits per heavy atom. The summed E-state index contributed by atoms with van der Waals surface area (Å²) in [4.78, 5) is 30.9. The fraction of sp³-hybridized carbons (Fsp3) is 0.136. The fourth-order valence-corrected chi connectivity index (χ4v) is 3.40. The molecule has 4 rings (SSSR count). The van der Waals surface area contributed by atoms with Crippen molar-refractivity contribution in [3.05, 3.63) is 95.0 Å². The Morgan fingerprint density at radius 2 is 1.97 bits per heavy atom. The molecule has 1 atom stereocenters. The molecule has 7 heteroatoms. The predicted octanol–water partition coefficient (Wildman–Crippen LogP) is 3.74. The molecule has 0 saturated carbocycles. The second-order valence-electron chi connectivity index (χ2n) is 6.75. The van der Waals surface area contributed by atoms with Gasteiger partial charge in [-0.2, -0.15) is 0 Å². The Labute approximate surface area is 165 Å². The number of carbonyl (C=O) groups is 2. The molecule has 3 heterocycles. The van der Waals surface area contributed by atoms with E-state index in [-0.39, 0.29) is 17.7 Å². The summed E-state index contributed by atoms with van der Waals surface area (Å²) in [6.45, 7) is 1.64. The largest absolute Gasteiger partial charge is 0.507 e. The summed E-state index contributed by atoms with van der Waals surface area (Å²) < 4.78 is 19.4. The molecule has 29 heavy (non-hydrogen) atoms. The lowest BCUT2D eigenvalue weighted by Crippen LogP contribution is -2.29. The quantitative estimate of drug-likeness (QED) is 0.415. The zero-order valence-corrected chi connectivity index (χ0v) is 15.5. The third-order valence-electron chi connectivity index (χ3n) is 4.91. The number of hydrogen-bond donors (Lipinski definition) is 1. The van der Waals surface area contributed by atoms with Crippen LogP contribution < -0.4 is 0 Å². The van der Waals surface area contributed by atoms with Gasteiger partial charge >= 0.3 is 0 Å². The number of aromatic nitrogens is 1. The molecule has 1 saturated heterocycles. The van der Waals surface area contributed by atoms with Crippen molar-refractivity contribution in [2.24, 2.45) is 0 Å². The van der Waals surface area contributed by atoms with E-state index in [1.165, 1.54) is 35.7 Å². The smallest absolute Gasteiger partial charge is 0.296 e. The van der Waals surface area contributed by atoms with Crippen molar-refractivity contribution in [2.45, 2.75) is 19.5 Å². The van der Waals surface area contributed by atoms with E-state index >= 15 is 0 Å². The number of pyridine rings is 1. The number of likely N-dealkylation sites (tertiary alicyclic amines) is 1. The van der Waals surface area contributed by atoms with E-state index < -0.39 is 29.3 Å². The summed E-state index contributed by atoms with van der Waals surface area (Å²) >= 11 is 0. The van der Waals surface area contributed by atoms with Crippen molar-refractivity contribution in [3.63, 3.8) is 0 Å². The van der Waals surface area contributed by atoms with Crippen molar-refractivity contribution in [2.75, 3.05) is 0 Å². The number of aliphatic hydroxyl groups is 1. The van der Waals surface area contributed by atoms with Gasteiger partial charge in [0.25, 0.3) is 11.7 Å². The minimum Gasteiger partial charge on any atom is -0.507 e. The molecule has 1 N–H and O–H groups in total. The maximum Gasteiger partial charge on any atom is 0.296 e. The van der Waals surface area contributed by atoms with E-state index in [4.69, 9.17) is 4.42 Å². The minimum absolute atomic E-state index is 0.0452. The lowest BCUT2D eigenvalue weighted by atomic mass is 9.95. The fourth-order valence-electron chi connectivity index (χ4n) is 3.40. The number of hydrogen-bond acceptors (Lipinski definition) is 5. The Bertz CT molecular complexity index is 1110. The van der Waals surface area contributed by atoms with Gasteiger partial charge in [-0.15, -0.1) is 0 Å². The van der Waals surface area contributed by atoms with Crippen LogP contribution in [0.4, 0.5) is 4.39 Å². The van der Waals surface area contributed by atoms with Gasteiger partial charge in [-0.1, -0.05) is 12.1 Å². The SMILES string of the molecule is Cc1ccc(C(O)=C2C(=O)C(=O)N(Cc3ccco3)[C@@H]2c2ccncc2)cc1F. The average molecular weight is 392 g/mol. The first kappa shape index (κ1) is 18.6. The Morgan fingerprint density at radius 3 is 2.62 bits per heavy atom. The number of aliphatic hydroxyl groups excluding tert-OH is 1. The van der Waals surface area contributed by atoms with Crippen molar-refractivity contribution in [1.29, 1.82) is 0 Å². The van der Waals surface area contributed by atoms with Gasteiger partial charge in [-0.3, -0.25) is 14.6 Å². The molecular weight excluding hydrogens is 375 g/mol. The van der Waals surface area contributed by atoms with Crippen LogP contribution in [0.5, 0.6) is 0 Å². The van der Waals surface area contributed by atoms with E-state index in [0.717, 1.165) is 6.07 Å². The monoisotopic (exact) mass is 392 g/mol. The van der Waals surface area contributed by atoms with E-state index in [2.05, 4.69) is 4.98 Å². The normalized spacial score (nSPS) is 18.4. The van der Waals surface area contributed by atoms with Gasteiger partial charge in [-0.05, 0) is 48.4 Å². The van der Waals surface area contributed by atoms with Crippen molar-refractivity contribution in [3.8, 4) is 0 Å². The average Bonchev–Trinajstić information content (AvgIpc) is 3.32. The van der Waals surface area contributed by atoms with Crippen LogP contribution in [-0.4, -0.2) is 26.7 Å². The number of aryl methyl sites for hydroxylation is 1. The molecule has 1 aromatic carbocycles. The Hall–Kier alpha value is -3.74. The molecule has 0 unspecified atom stereocenters. The predicted molar refractivity (Wildman–Crippen MR) is 102 cm³/mol. The Kier molecular flexibility index (Phi) is 4.72. The number of benzene rings is 1. The molecule has 0 radical (unpaired) electrons. The van der Waals surface area contributed by atoms with Crippen LogP contribution in [0, 0.1) is 12.7 Å². The highest BCUT2D eigenvalue weighted by molar-refractivity contribution is 6.46. The number of nitrogens with zero attached hydrogens (tertiary/aromatic N) is 2. The van der Waals surface area contributed by atoms with Crippen LogP contribution >= 0.6 is 0 Å². The van der Waals surface area contributed by atoms with Gasteiger partial charge in [0.1, 0.15) is 17.3 Å². The lowest BCUT2D eigenvalue weighted by Gasteiger charge is -2.24. The first-order valence-corrected chi connectivity index (χ1v) is 8.94. The first-order chi connectivity index (χ1) is 14.0. The highest BCUT2D eigenvalue weighted by Crippen LogP contribution is 2.40. The first-order valence-electron chi connectivity index (χ1n) is 8.94. The van der Waals surface area contributed by atoms with Crippen LogP contribution in [0.25, 0.3) is 5.76 Å². The molecule has 2 aromatic heterocycles. The maximum atomic E-state index is 14.0. The number of furan rings is 1. The summed E-state index contributed by atoms with van der Waals surface area (Å²) in [5, 5.41) is 10.9. The topological polar surface area (TPSA) is 83.6 Å². The molecule has 0 aliphatic carbocycles. The highest BCUT2D eigenvalue weighted by atomic mass is 19.1. The summed E-state index contributed by atoms with van der Waals surface area (Å²) in [6, 6.07) is 10.0. The molecule has 1 fully saturated rings. The number of Topliss-reactive ketones (excluding diaryl/α,β-unsaturated/α-hetero) is 1. The number of ketones is 1. The minimum atomic E-state index is -0.854. The zero-order valence-electron chi connectivity index (χ0n) is 15.5. The van der Waals surface area contributed by atoms with E-state index in [1.807, 2.05) is 0 Å². The molecule has 1 aliphatic heterocycles. The molecule has 3 aromatic rings. The number of carbonyl (C=O) groups excluding carboxylic acids is 2. The van der Waals surface area contributed by atoms with Crippen LogP contribution in [0.15, 0.2) is 71.1 Å². The van der Waals surface area contributed by atoms with Gasteiger partial charge < -0.3 is 14.4 Å². The van der Waals surface area contributed by atoms with Gasteiger partial charge in [0, 0.05) is 18.0 Å². The molecule has 6 nitrogen and oxygen atoms in total. The number of halogens is 1. The molecule has 1 aliphatic rings. The second-order valence-corrected chi connectivity index (χ2v) is 6.75. The van der Waals surface area contributed by atoms with Gasteiger partial charge in [0.05, 0.1) is 24.4 Å². The van der Waals surface area contributed by atoms with Gasteiger partial charge in [0.2, 0.25) is 0 Å². The third kappa shape index (κ3) is 3.31. The molecular formula is C22H17FN2O4. The van der Waals surface area contributed by atoms with Gasteiger partial charge in [-0.25, -0.2) is 4.39 Å². The molecule has 0 bridgehead atoms. The summed E-state index contributed by atoms with van der Waals surface area (Å²) in [5.74, 6) is -2.05. The van der Waals surface area contributed by atoms with Crippen molar-refractivity contribution < 1.29 is 23.5 Å². The number of rotatable bonds is 4. The molecule has 1 amide bonds. The van der Waals surface area contributed by atoms with E-state index in [9.17, 15) is 19.1 Å². The third-order valence-corrected chi connectivity index (χ3v) is 4.91. The second kappa shape index (κ2) is 7.35. The highest BCUT2D eigenvalue weighted by Gasteiger charge is 2.46. The summed E-state index contributed by atoms with van der Waals surface area (Å²) in [7, 11) is 0. The van der Waals surface area contributed by atoms with Crippen LogP contribution in [0.3, 0.4) is 0 Å². The van der Waals surface area contributed by atoms with Gasteiger partial charge in [0.15, 0.2) is 0 Å². The molecule has 0 spiro atoms. The molecule has 146 valence electrons. The van der Waals surface area contributed by atoms with Crippen molar-refractivity contribution in [1.82, 2.24) is 9.88 Å².